The average Bonchev–Trinajstić information content (AvgIpc) is 3.48. The van der Waals surface area contributed by atoms with Crippen molar-refractivity contribution in [3.63, 3.8) is 0 Å². The second-order valence-corrected chi connectivity index (χ2v) is 11.1. The SMILES string of the molecule is CC(C)(C)NC(=O)[C@H]1N(C[C@@H]2CCCO2)C(=O)[C@@H]2[C@H](C(=O)Nc3ccccc3)[C@]3(C)C=C[C@@]21O3. The molecule has 2 bridgehead atoms. The number of carbonyl (C=O) groups excluding carboxylic acids is 3. The Morgan fingerprint density at radius 2 is 1.88 bits per heavy atom. The van der Waals surface area contributed by atoms with Crippen LogP contribution in [0.3, 0.4) is 0 Å². The molecule has 0 aliphatic carbocycles. The molecule has 0 saturated carbocycles. The van der Waals surface area contributed by atoms with Gasteiger partial charge >= 0.3 is 0 Å². The van der Waals surface area contributed by atoms with Gasteiger partial charge in [0, 0.05) is 24.4 Å². The molecule has 2 N–H and O–H groups in total. The largest absolute Gasteiger partial charge is 0.376 e. The standard InChI is InChI=1S/C26H33N3O5/c1-24(2,3)28-22(31)20-26-13-12-25(4,34-26)18(21(30)27-16-9-6-5-7-10-16)19(26)23(32)29(20)15-17-11-8-14-33-17/h5-7,9-10,12-13,17-20H,8,11,14-15H2,1-4H3,(H,27,30)(H,28,31)/t17-,18+,19-,20+,25-,26+/m0/s1. The molecular weight excluding hydrogens is 434 g/mol. The predicted molar refractivity (Wildman–Crippen MR) is 126 cm³/mol. The van der Waals surface area contributed by atoms with E-state index in [-0.39, 0.29) is 23.8 Å². The van der Waals surface area contributed by atoms with Crippen LogP contribution in [0.25, 0.3) is 0 Å². The summed E-state index contributed by atoms with van der Waals surface area (Å²) in [6, 6.07) is 8.29. The fraction of sp³-hybridized carbons (Fsp3) is 0.577. The zero-order chi connectivity index (χ0) is 24.3. The van der Waals surface area contributed by atoms with Crippen molar-refractivity contribution in [1.82, 2.24) is 10.2 Å². The van der Waals surface area contributed by atoms with Crippen molar-refractivity contribution < 1.29 is 23.9 Å². The number of fused-ring (bicyclic) bond motifs is 1. The number of carbonyl (C=O) groups is 3. The molecular formula is C26H33N3O5. The highest BCUT2D eigenvalue weighted by atomic mass is 16.5. The van der Waals surface area contributed by atoms with Gasteiger partial charge in [0.15, 0.2) is 0 Å². The fourth-order valence-corrected chi connectivity index (χ4v) is 6.01. The molecule has 5 rings (SSSR count). The number of nitrogens with zero attached hydrogens (tertiary/aromatic N) is 1. The average molecular weight is 468 g/mol. The molecule has 4 aliphatic heterocycles. The minimum atomic E-state index is -1.20. The lowest BCUT2D eigenvalue weighted by atomic mass is 9.70. The third kappa shape index (κ3) is 3.64. The van der Waals surface area contributed by atoms with E-state index in [1.165, 1.54) is 0 Å². The quantitative estimate of drug-likeness (QED) is 0.648. The first-order chi connectivity index (χ1) is 16.0. The Hall–Kier alpha value is -2.71. The summed E-state index contributed by atoms with van der Waals surface area (Å²) in [4.78, 5) is 42.7. The zero-order valence-corrected chi connectivity index (χ0v) is 20.2. The Balaban J connectivity index is 1.51. The zero-order valence-electron chi connectivity index (χ0n) is 20.2. The van der Waals surface area contributed by atoms with Crippen LogP contribution in [-0.2, 0) is 23.9 Å². The van der Waals surface area contributed by atoms with Gasteiger partial charge in [0.2, 0.25) is 17.7 Å². The molecule has 0 aromatic heterocycles. The maximum atomic E-state index is 13.9. The van der Waals surface area contributed by atoms with Gasteiger partial charge in [-0.15, -0.1) is 0 Å². The topological polar surface area (TPSA) is 97.0 Å². The van der Waals surface area contributed by atoms with E-state index >= 15 is 0 Å². The van der Waals surface area contributed by atoms with Crippen LogP contribution in [0.5, 0.6) is 0 Å². The summed E-state index contributed by atoms with van der Waals surface area (Å²) in [5.74, 6) is -2.34. The van der Waals surface area contributed by atoms with Crippen molar-refractivity contribution in [2.45, 2.75) is 69.4 Å². The van der Waals surface area contributed by atoms with Gasteiger partial charge in [-0.2, -0.15) is 0 Å². The number of anilines is 1. The summed E-state index contributed by atoms with van der Waals surface area (Å²) < 4.78 is 12.3. The number of rotatable bonds is 5. The third-order valence-electron chi connectivity index (χ3n) is 7.29. The molecule has 3 saturated heterocycles. The number of ether oxygens (including phenoxy) is 2. The first kappa shape index (κ1) is 23.1. The molecule has 1 aromatic carbocycles. The molecule has 4 aliphatic rings. The number of nitrogens with one attached hydrogen (secondary N) is 2. The molecule has 34 heavy (non-hydrogen) atoms. The summed E-state index contributed by atoms with van der Waals surface area (Å²) in [7, 11) is 0. The Kier molecular flexibility index (Phi) is 5.37. The highest BCUT2D eigenvalue weighted by Crippen LogP contribution is 2.60. The molecule has 6 atom stereocenters. The van der Waals surface area contributed by atoms with E-state index in [0.717, 1.165) is 12.8 Å². The molecule has 0 radical (unpaired) electrons. The van der Waals surface area contributed by atoms with Gasteiger partial charge < -0.3 is 25.0 Å². The number of amides is 3. The predicted octanol–water partition coefficient (Wildman–Crippen LogP) is 2.26. The number of likely N-dealkylation sites (tertiary alicyclic amines) is 1. The van der Waals surface area contributed by atoms with E-state index in [1.807, 2.05) is 58.0 Å². The van der Waals surface area contributed by atoms with Crippen LogP contribution in [0, 0.1) is 11.8 Å². The highest BCUT2D eigenvalue weighted by Gasteiger charge is 2.76. The number of benzene rings is 1. The maximum absolute atomic E-state index is 13.9. The Labute approximate surface area is 200 Å². The van der Waals surface area contributed by atoms with Crippen LogP contribution in [0.2, 0.25) is 0 Å². The summed E-state index contributed by atoms with van der Waals surface area (Å²) in [5.41, 5.74) is -2.01. The van der Waals surface area contributed by atoms with Gasteiger partial charge in [0.1, 0.15) is 11.6 Å². The minimum absolute atomic E-state index is 0.127. The second-order valence-electron chi connectivity index (χ2n) is 11.1. The van der Waals surface area contributed by atoms with Gasteiger partial charge in [-0.25, -0.2) is 0 Å². The lowest BCUT2D eigenvalue weighted by Gasteiger charge is -2.35. The third-order valence-corrected chi connectivity index (χ3v) is 7.29. The Morgan fingerprint density at radius 3 is 2.53 bits per heavy atom. The van der Waals surface area contributed by atoms with E-state index in [4.69, 9.17) is 9.47 Å². The van der Waals surface area contributed by atoms with Crippen molar-refractivity contribution in [2.24, 2.45) is 11.8 Å². The van der Waals surface area contributed by atoms with Crippen molar-refractivity contribution in [2.75, 3.05) is 18.5 Å². The van der Waals surface area contributed by atoms with Gasteiger partial charge in [-0.3, -0.25) is 14.4 Å². The number of hydrogen-bond donors (Lipinski definition) is 2. The Morgan fingerprint density at radius 1 is 1.15 bits per heavy atom. The monoisotopic (exact) mass is 467 g/mol. The van der Waals surface area contributed by atoms with Crippen LogP contribution in [0.15, 0.2) is 42.5 Å². The van der Waals surface area contributed by atoms with E-state index in [2.05, 4.69) is 10.6 Å². The summed E-state index contributed by atoms with van der Waals surface area (Å²) in [5, 5.41) is 5.98. The van der Waals surface area contributed by atoms with Gasteiger partial charge in [-0.1, -0.05) is 30.4 Å². The van der Waals surface area contributed by atoms with E-state index in [9.17, 15) is 14.4 Å². The maximum Gasteiger partial charge on any atom is 0.246 e. The Bertz CT molecular complexity index is 1030. The first-order valence-electron chi connectivity index (χ1n) is 12.0. The van der Waals surface area contributed by atoms with Crippen molar-refractivity contribution in [1.29, 1.82) is 0 Å². The molecule has 3 fully saturated rings. The first-order valence-corrected chi connectivity index (χ1v) is 12.0. The fourth-order valence-electron chi connectivity index (χ4n) is 6.01. The van der Waals surface area contributed by atoms with Crippen LogP contribution >= 0.6 is 0 Å². The van der Waals surface area contributed by atoms with Gasteiger partial charge in [0.25, 0.3) is 0 Å². The van der Waals surface area contributed by atoms with Crippen LogP contribution < -0.4 is 10.6 Å². The van der Waals surface area contributed by atoms with Crippen molar-refractivity contribution in [3.8, 4) is 0 Å². The lowest BCUT2D eigenvalue weighted by Crippen LogP contribution is -2.58. The molecule has 8 heteroatoms. The molecule has 4 heterocycles. The van der Waals surface area contributed by atoms with E-state index < -0.39 is 34.6 Å². The summed E-state index contributed by atoms with van der Waals surface area (Å²) in [6.45, 7) is 8.49. The molecule has 1 aromatic rings. The minimum Gasteiger partial charge on any atom is -0.376 e. The number of para-hydroxylation sites is 1. The van der Waals surface area contributed by atoms with Crippen LogP contribution in [0.4, 0.5) is 5.69 Å². The summed E-state index contributed by atoms with van der Waals surface area (Å²) >= 11 is 0. The summed E-state index contributed by atoms with van der Waals surface area (Å²) in [6.07, 6.45) is 5.32. The van der Waals surface area contributed by atoms with Crippen LogP contribution in [0.1, 0.15) is 40.5 Å². The molecule has 3 amide bonds. The molecule has 0 unspecified atom stereocenters. The number of hydrogen-bond acceptors (Lipinski definition) is 5. The lowest BCUT2D eigenvalue weighted by molar-refractivity contribution is -0.146. The van der Waals surface area contributed by atoms with E-state index in [1.54, 1.807) is 17.0 Å². The highest BCUT2D eigenvalue weighted by molar-refractivity contribution is 6.03. The van der Waals surface area contributed by atoms with Crippen molar-refractivity contribution >= 4 is 23.4 Å². The smallest absolute Gasteiger partial charge is 0.246 e. The van der Waals surface area contributed by atoms with Crippen LogP contribution in [-0.4, -0.2) is 64.7 Å². The molecule has 1 spiro atoms. The van der Waals surface area contributed by atoms with Gasteiger partial charge in [0.05, 0.1) is 23.5 Å². The normalized spacial score (nSPS) is 36.1. The second kappa shape index (κ2) is 7.92. The van der Waals surface area contributed by atoms with Gasteiger partial charge in [-0.05, 0) is 52.7 Å². The molecule has 8 nitrogen and oxygen atoms in total. The molecule has 182 valence electrons. The van der Waals surface area contributed by atoms with E-state index in [0.29, 0.717) is 18.8 Å². The van der Waals surface area contributed by atoms with Crippen molar-refractivity contribution in [3.05, 3.63) is 42.5 Å².